The Morgan fingerprint density at radius 3 is 1.65 bits per heavy atom. The monoisotopic (exact) mass is 936 g/mol. The van der Waals surface area contributed by atoms with Crippen molar-refractivity contribution in [1.82, 2.24) is 0 Å². The molecular weight excluding hydrogens is 889 g/mol. The van der Waals surface area contributed by atoms with Gasteiger partial charge in [-0.2, -0.15) is 0 Å². The summed E-state index contributed by atoms with van der Waals surface area (Å²) in [5, 5.41) is 6.58. The summed E-state index contributed by atoms with van der Waals surface area (Å²) in [6.45, 7) is 0. The van der Waals surface area contributed by atoms with E-state index in [-0.39, 0.29) is 5.92 Å². The Kier molecular flexibility index (Phi) is 9.19. The highest BCUT2D eigenvalue weighted by Crippen LogP contribution is 2.56. The number of hydrogen-bond donors (Lipinski definition) is 0. The van der Waals surface area contributed by atoms with Gasteiger partial charge in [0.05, 0.1) is 5.41 Å². The van der Waals surface area contributed by atoms with E-state index in [1.807, 2.05) is 11.8 Å². The Morgan fingerprint density at radius 1 is 0.437 bits per heavy atom. The van der Waals surface area contributed by atoms with E-state index in [1.54, 1.807) is 0 Å². The molecule has 0 saturated carbocycles. The average molecular weight is 937 g/mol. The van der Waals surface area contributed by atoms with E-state index in [4.69, 9.17) is 0 Å². The van der Waals surface area contributed by atoms with E-state index in [0.29, 0.717) is 5.25 Å². The second kappa shape index (κ2) is 15.9. The first-order chi connectivity index (χ1) is 35.2. The van der Waals surface area contributed by atoms with Gasteiger partial charge in [0.2, 0.25) is 0 Å². The molecule has 2 heteroatoms. The first-order valence-electron chi connectivity index (χ1n) is 25.3. The van der Waals surface area contributed by atoms with Gasteiger partial charge in [-0.1, -0.05) is 243 Å². The molecule has 334 valence electrons. The maximum Gasteiger partial charge on any atom is 0.182 e. The lowest BCUT2D eigenvalue weighted by Gasteiger charge is -2.34. The van der Waals surface area contributed by atoms with Gasteiger partial charge in [-0.05, 0) is 140 Å². The Balaban J connectivity index is 0.901. The van der Waals surface area contributed by atoms with Crippen LogP contribution in [0.2, 0.25) is 0 Å². The van der Waals surface area contributed by atoms with Gasteiger partial charge in [0.25, 0.3) is 0 Å². The first-order valence-corrected chi connectivity index (χ1v) is 28.1. The Hall–Kier alpha value is -7.75. The highest BCUT2D eigenvalue weighted by molar-refractivity contribution is 8.00. The van der Waals surface area contributed by atoms with Crippen molar-refractivity contribution in [2.45, 2.75) is 34.3 Å². The lowest BCUT2D eigenvalue weighted by atomic mass is 9.67. The quantitative estimate of drug-likeness (QED) is 0.144. The van der Waals surface area contributed by atoms with E-state index in [0.717, 1.165) is 12.8 Å². The molecule has 2 aliphatic carbocycles. The van der Waals surface area contributed by atoms with Crippen LogP contribution in [0.3, 0.4) is 0 Å². The number of benzene rings is 10. The third kappa shape index (κ3) is 5.87. The fourth-order valence-electron chi connectivity index (χ4n) is 13.7. The predicted octanol–water partition coefficient (Wildman–Crippen LogP) is 14.1. The summed E-state index contributed by atoms with van der Waals surface area (Å²) in [5.41, 5.74) is 22.6. The summed E-state index contributed by atoms with van der Waals surface area (Å²) >= 11 is 2.02. The maximum absolute atomic E-state index is 2.65. The number of allylic oxidation sites excluding steroid dienone is 3. The van der Waals surface area contributed by atoms with Crippen molar-refractivity contribution in [3.63, 3.8) is 0 Å². The van der Waals surface area contributed by atoms with Gasteiger partial charge >= 0.3 is 0 Å². The van der Waals surface area contributed by atoms with Crippen molar-refractivity contribution >= 4 is 51.7 Å². The molecule has 1 spiro atoms. The fraction of sp³-hybridized carbons (Fsp3) is 0.0725. The second-order valence-electron chi connectivity index (χ2n) is 20.1. The highest BCUT2D eigenvalue weighted by atomic mass is 32.2. The molecule has 3 aliphatic heterocycles. The van der Waals surface area contributed by atoms with Gasteiger partial charge in [-0.3, -0.25) is 0 Å². The van der Waals surface area contributed by atoms with E-state index in [9.17, 15) is 0 Å². The SMILES string of the molecule is C1=C(c2ccc(C(Cc3ccc4c(c3)[Si]3(c5ccccc5-c5ccccc53)c3ccccc3-4)c3cccc(C4(c5ccccc5)c5ccccc5-c5ccccc54)c3)cc2)C=C2c3ccccc3SC2C1. The molecule has 2 atom stereocenters. The van der Waals surface area contributed by atoms with Crippen LogP contribution in [0, 0.1) is 0 Å². The molecule has 15 rings (SSSR count). The summed E-state index contributed by atoms with van der Waals surface area (Å²) in [4.78, 5) is 1.41. The van der Waals surface area contributed by atoms with Crippen molar-refractivity contribution in [1.29, 1.82) is 0 Å². The number of hydrogen-bond acceptors (Lipinski definition) is 1. The van der Waals surface area contributed by atoms with Crippen molar-refractivity contribution in [2.75, 3.05) is 0 Å². The number of fused-ring (bicyclic) bond motifs is 16. The van der Waals surface area contributed by atoms with Gasteiger partial charge in [-0.15, -0.1) is 11.8 Å². The second-order valence-corrected chi connectivity index (χ2v) is 25.0. The molecule has 5 aliphatic rings. The third-order valence-corrected chi connectivity index (χ3v) is 23.0. The normalized spacial score (nSPS) is 16.9. The zero-order chi connectivity index (χ0) is 46.7. The summed E-state index contributed by atoms with van der Waals surface area (Å²) < 4.78 is 0. The van der Waals surface area contributed by atoms with Crippen LogP contribution in [-0.4, -0.2) is 13.3 Å². The lowest BCUT2D eigenvalue weighted by molar-refractivity contribution is 0.754. The van der Waals surface area contributed by atoms with E-state index in [1.165, 1.54) is 120 Å². The molecule has 0 nitrogen and oxygen atoms in total. The molecule has 2 unspecified atom stereocenters. The topological polar surface area (TPSA) is 0 Å². The highest BCUT2D eigenvalue weighted by Gasteiger charge is 2.54. The standard InChI is InChI=1S/C69H48SSi/c1-2-18-50(19-3-1)69(61-27-10-4-21-52(61)53-22-5-11-28-62(53)69)51-20-16-17-49(43-51)59(47-36-34-46(35-37-47)48-38-40-64-60(44-48)54-23-6-12-29-63(54)70-64)41-45-33-39-58-57-26-9-15-32-67(57)71(68(58)42-45)65-30-13-7-24-55(65)56-25-8-14-31-66(56)71/h1-39,42-44,59,64H,40-41H2. The van der Waals surface area contributed by atoms with Crippen LogP contribution in [-0.2, 0) is 11.8 Å². The van der Waals surface area contributed by atoms with E-state index < -0.39 is 13.5 Å². The molecule has 0 amide bonds. The van der Waals surface area contributed by atoms with Gasteiger partial charge in [0.1, 0.15) is 0 Å². The minimum Gasteiger partial charge on any atom is -0.117 e. The molecule has 0 saturated heterocycles. The van der Waals surface area contributed by atoms with Crippen molar-refractivity contribution in [2.24, 2.45) is 0 Å². The van der Waals surface area contributed by atoms with Gasteiger partial charge in [-0.25, -0.2) is 0 Å². The van der Waals surface area contributed by atoms with Crippen LogP contribution in [0.1, 0.15) is 62.4 Å². The Morgan fingerprint density at radius 2 is 0.986 bits per heavy atom. The Bertz CT molecular complexity index is 3770. The molecule has 71 heavy (non-hydrogen) atoms. The summed E-state index contributed by atoms with van der Waals surface area (Å²) in [5.74, 6) is 0.0903. The summed E-state index contributed by atoms with van der Waals surface area (Å²) in [6.07, 6.45) is 6.85. The summed E-state index contributed by atoms with van der Waals surface area (Å²) in [7, 11) is -2.61. The van der Waals surface area contributed by atoms with Gasteiger partial charge < -0.3 is 0 Å². The third-order valence-electron chi connectivity index (χ3n) is 16.7. The van der Waals surface area contributed by atoms with Crippen molar-refractivity contribution in [3.05, 3.63) is 305 Å². The summed E-state index contributed by atoms with van der Waals surface area (Å²) in [6, 6.07) is 93.2. The van der Waals surface area contributed by atoms with Crippen LogP contribution >= 0.6 is 11.8 Å². The van der Waals surface area contributed by atoms with Crippen LogP contribution < -0.4 is 20.7 Å². The zero-order valence-corrected chi connectivity index (χ0v) is 41.0. The smallest absolute Gasteiger partial charge is 0.117 e. The van der Waals surface area contributed by atoms with Crippen molar-refractivity contribution < 1.29 is 0 Å². The lowest BCUT2D eigenvalue weighted by Crippen LogP contribution is -2.70. The average Bonchev–Trinajstić information content (AvgIpc) is 4.16. The molecule has 0 bridgehead atoms. The molecule has 10 aromatic carbocycles. The minimum absolute atomic E-state index is 0.0903. The van der Waals surface area contributed by atoms with Crippen LogP contribution in [0.15, 0.2) is 260 Å². The molecule has 0 fully saturated rings. The number of rotatable bonds is 7. The number of thioether (sulfide) groups is 1. The fourth-order valence-corrected chi connectivity index (χ4v) is 20.7. The molecule has 3 heterocycles. The molecular formula is C69H48SSi. The van der Waals surface area contributed by atoms with Crippen molar-refractivity contribution in [3.8, 4) is 33.4 Å². The molecule has 0 radical (unpaired) electrons. The van der Waals surface area contributed by atoms with Crippen LogP contribution in [0.5, 0.6) is 0 Å². The van der Waals surface area contributed by atoms with E-state index >= 15 is 0 Å². The molecule has 0 aromatic heterocycles. The molecule has 10 aromatic rings. The van der Waals surface area contributed by atoms with E-state index in [2.05, 4.69) is 255 Å². The Labute approximate surface area is 421 Å². The zero-order valence-electron chi connectivity index (χ0n) is 39.2. The molecule has 0 N–H and O–H groups in total. The van der Waals surface area contributed by atoms with Gasteiger partial charge in [0.15, 0.2) is 8.07 Å². The van der Waals surface area contributed by atoms with Gasteiger partial charge in [0, 0.05) is 16.1 Å². The largest absolute Gasteiger partial charge is 0.182 e. The maximum atomic E-state index is 2.65. The minimum atomic E-state index is -2.61. The predicted molar refractivity (Wildman–Crippen MR) is 300 cm³/mol. The van der Waals surface area contributed by atoms with Crippen LogP contribution in [0.25, 0.3) is 44.5 Å². The van der Waals surface area contributed by atoms with Crippen LogP contribution in [0.4, 0.5) is 0 Å². The first kappa shape index (κ1) is 41.1.